The van der Waals surface area contributed by atoms with Gasteiger partial charge in [-0.15, -0.1) is 12.4 Å². The molecule has 118 valence electrons. The van der Waals surface area contributed by atoms with E-state index < -0.39 is 10.0 Å². The minimum Gasteiger partial charge on any atom is -0.345 e. The highest BCUT2D eigenvalue weighted by atomic mass is 35.5. The van der Waals surface area contributed by atoms with Crippen LogP contribution in [0.1, 0.15) is 16.8 Å². The molecule has 1 aliphatic heterocycles. The van der Waals surface area contributed by atoms with E-state index in [1.54, 1.807) is 26.2 Å². The van der Waals surface area contributed by atoms with Gasteiger partial charge in [0, 0.05) is 32.2 Å². The van der Waals surface area contributed by atoms with Crippen molar-refractivity contribution in [3.8, 4) is 0 Å². The number of amides is 1. The molecule has 1 aromatic carbocycles. The van der Waals surface area contributed by atoms with Crippen LogP contribution in [0.3, 0.4) is 0 Å². The third kappa shape index (κ3) is 4.41. The summed E-state index contributed by atoms with van der Waals surface area (Å²) in [6.45, 7) is 1.45. The second-order valence-electron chi connectivity index (χ2n) is 5.04. The van der Waals surface area contributed by atoms with Crippen LogP contribution >= 0.6 is 12.4 Å². The zero-order valence-corrected chi connectivity index (χ0v) is 13.6. The van der Waals surface area contributed by atoms with Gasteiger partial charge in [-0.05, 0) is 31.2 Å². The summed E-state index contributed by atoms with van der Waals surface area (Å²) in [6.07, 6.45) is 0.773. The Kier molecular flexibility index (Phi) is 6.15. The van der Waals surface area contributed by atoms with Gasteiger partial charge in [0.25, 0.3) is 5.91 Å². The Morgan fingerprint density at radius 2 is 2.10 bits per heavy atom. The minimum atomic E-state index is -3.59. The van der Waals surface area contributed by atoms with Gasteiger partial charge in [-0.2, -0.15) is 0 Å². The molecule has 2 N–H and O–H groups in total. The molecule has 0 saturated carbocycles. The number of nitrogens with zero attached hydrogens (tertiary/aromatic N) is 1. The van der Waals surface area contributed by atoms with Crippen LogP contribution in [0, 0.1) is 0 Å². The molecule has 0 spiro atoms. The standard InChI is InChI=1S/C13H19N3O3S.ClH/c1-16(2)13(17)10-4-3-5-12(8-10)20(18,19)15-11-6-7-14-9-11;/h3-5,8,11,14-15H,6-7,9H2,1-2H3;1H. The lowest BCUT2D eigenvalue weighted by atomic mass is 10.2. The Labute approximate surface area is 131 Å². The number of sulfonamides is 1. The summed E-state index contributed by atoms with van der Waals surface area (Å²) in [5.41, 5.74) is 0.363. The van der Waals surface area contributed by atoms with E-state index in [1.165, 1.54) is 17.0 Å². The molecule has 1 amide bonds. The molecule has 1 heterocycles. The second kappa shape index (κ2) is 7.22. The predicted molar refractivity (Wildman–Crippen MR) is 83.3 cm³/mol. The number of nitrogens with one attached hydrogen (secondary N) is 2. The van der Waals surface area contributed by atoms with Gasteiger partial charge in [-0.25, -0.2) is 13.1 Å². The van der Waals surface area contributed by atoms with E-state index in [4.69, 9.17) is 0 Å². The van der Waals surface area contributed by atoms with Crippen LogP contribution in [0.2, 0.25) is 0 Å². The normalized spacial score (nSPS) is 18.1. The number of halogens is 1. The zero-order chi connectivity index (χ0) is 14.8. The van der Waals surface area contributed by atoms with Crippen LogP contribution in [-0.4, -0.2) is 52.5 Å². The summed E-state index contributed by atoms with van der Waals surface area (Å²) in [6, 6.07) is 6.01. The molecule has 0 aromatic heterocycles. The van der Waals surface area contributed by atoms with Crippen LogP contribution in [0.4, 0.5) is 0 Å². The van der Waals surface area contributed by atoms with E-state index in [0.29, 0.717) is 12.1 Å². The van der Waals surface area contributed by atoms with Gasteiger partial charge in [-0.3, -0.25) is 4.79 Å². The fraction of sp³-hybridized carbons (Fsp3) is 0.462. The first kappa shape index (κ1) is 17.9. The lowest BCUT2D eigenvalue weighted by molar-refractivity contribution is 0.0827. The maximum atomic E-state index is 12.3. The Morgan fingerprint density at radius 3 is 2.67 bits per heavy atom. The van der Waals surface area contributed by atoms with Gasteiger partial charge >= 0.3 is 0 Å². The van der Waals surface area contributed by atoms with Gasteiger partial charge < -0.3 is 10.2 Å². The van der Waals surface area contributed by atoms with Crippen molar-refractivity contribution in [2.75, 3.05) is 27.2 Å². The molecule has 0 bridgehead atoms. The fourth-order valence-electron chi connectivity index (χ4n) is 2.10. The number of benzene rings is 1. The van der Waals surface area contributed by atoms with Crippen molar-refractivity contribution in [1.82, 2.24) is 14.9 Å². The van der Waals surface area contributed by atoms with E-state index in [9.17, 15) is 13.2 Å². The summed E-state index contributed by atoms with van der Waals surface area (Å²) < 4.78 is 27.2. The number of carbonyl (C=O) groups excluding carboxylic acids is 1. The third-order valence-corrected chi connectivity index (χ3v) is 4.70. The number of hydrogen-bond donors (Lipinski definition) is 2. The lowest BCUT2D eigenvalue weighted by Gasteiger charge is -2.14. The Morgan fingerprint density at radius 1 is 1.38 bits per heavy atom. The molecule has 1 aliphatic rings. The maximum Gasteiger partial charge on any atom is 0.253 e. The first-order valence-electron chi connectivity index (χ1n) is 6.45. The summed E-state index contributed by atoms with van der Waals surface area (Å²) >= 11 is 0. The minimum absolute atomic E-state index is 0. The monoisotopic (exact) mass is 333 g/mol. The van der Waals surface area contributed by atoms with E-state index in [-0.39, 0.29) is 29.3 Å². The van der Waals surface area contributed by atoms with Crippen molar-refractivity contribution in [2.45, 2.75) is 17.4 Å². The highest BCUT2D eigenvalue weighted by molar-refractivity contribution is 7.89. The van der Waals surface area contributed by atoms with Gasteiger partial charge in [0.2, 0.25) is 10.0 Å². The predicted octanol–water partition coefficient (Wildman–Crippen LogP) is 0.450. The molecule has 8 heteroatoms. The molecule has 1 fully saturated rings. The summed E-state index contributed by atoms with van der Waals surface area (Å²) in [7, 11) is -0.324. The maximum absolute atomic E-state index is 12.3. The second-order valence-corrected chi connectivity index (χ2v) is 6.75. The molecule has 2 rings (SSSR count). The van der Waals surface area contributed by atoms with Crippen LogP contribution in [0.25, 0.3) is 0 Å². The number of carbonyl (C=O) groups is 1. The molecular weight excluding hydrogens is 314 g/mol. The van der Waals surface area contributed by atoms with E-state index in [0.717, 1.165) is 13.0 Å². The smallest absolute Gasteiger partial charge is 0.253 e. The van der Waals surface area contributed by atoms with Crippen LogP contribution in [0.15, 0.2) is 29.2 Å². The zero-order valence-electron chi connectivity index (χ0n) is 12.0. The summed E-state index contributed by atoms with van der Waals surface area (Å²) in [5.74, 6) is -0.218. The number of rotatable bonds is 4. The van der Waals surface area contributed by atoms with Crippen molar-refractivity contribution < 1.29 is 13.2 Å². The average Bonchev–Trinajstić information content (AvgIpc) is 2.90. The molecule has 6 nitrogen and oxygen atoms in total. The largest absolute Gasteiger partial charge is 0.345 e. The van der Waals surface area contributed by atoms with E-state index >= 15 is 0 Å². The van der Waals surface area contributed by atoms with Crippen molar-refractivity contribution >= 4 is 28.3 Å². The summed E-state index contributed by atoms with van der Waals surface area (Å²) in [5, 5.41) is 3.10. The number of hydrogen-bond acceptors (Lipinski definition) is 4. The van der Waals surface area contributed by atoms with Gasteiger partial charge in [0.15, 0.2) is 0 Å². The van der Waals surface area contributed by atoms with Gasteiger partial charge in [0.05, 0.1) is 4.90 Å². The third-order valence-electron chi connectivity index (χ3n) is 3.18. The van der Waals surface area contributed by atoms with Gasteiger partial charge in [-0.1, -0.05) is 6.07 Å². The summed E-state index contributed by atoms with van der Waals surface area (Å²) in [4.78, 5) is 13.4. The molecule has 0 radical (unpaired) electrons. The molecule has 0 aliphatic carbocycles. The highest BCUT2D eigenvalue weighted by Gasteiger charge is 2.23. The van der Waals surface area contributed by atoms with Crippen molar-refractivity contribution in [2.24, 2.45) is 0 Å². The Bertz CT molecular complexity index is 598. The van der Waals surface area contributed by atoms with Crippen LogP contribution < -0.4 is 10.0 Å². The van der Waals surface area contributed by atoms with Crippen molar-refractivity contribution in [1.29, 1.82) is 0 Å². The molecule has 1 atom stereocenters. The fourth-order valence-corrected chi connectivity index (χ4v) is 3.41. The molecule has 1 aromatic rings. The Hall–Kier alpha value is -1.15. The van der Waals surface area contributed by atoms with E-state index in [2.05, 4.69) is 10.0 Å². The topological polar surface area (TPSA) is 78.5 Å². The van der Waals surface area contributed by atoms with Crippen LogP contribution in [-0.2, 0) is 10.0 Å². The SMILES string of the molecule is CN(C)C(=O)c1cccc(S(=O)(=O)NC2CCNC2)c1.Cl. The average molecular weight is 334 g/mol. The molecule has 1 saturated heterocycles. The Balaban J connectivity index is 0.00000220. The highest BCUT2D eigenvalue weighted by Crippen LogP contribution is 2.14. The quantitative estimate of drug-likeness (QED) is 0.838. The first-order valence-corrected chi connectivity index (χ1v) is 7.93. The molecule has 1 unspecified atom stereocenters. The molecule has 21 heavy (non-hydrogen) atoms. The lowest BCUT2D eigenvalue weighted by Crippen LogP contribution is -2.36. The van der Waals surface area contributed by atoms with Gasteiger partial charge in [0.1, 0.15) is 0 Å². The first-order chi connectivity index (χ1) is 9.40. The van der Waals surface area contributed by atoms with E-state index in [1.807, 2.05) is 0 Å². The van der Waals surface area contributed by atoms with Crippen molar-refractivity contribution in [3.63, 3.8) is 0 Å². The van der Waals surface area contributed by atoms with Crippen molar-refractivity contribution in [3.05, 3.63) is 29.8 Å². The van der Waals surface area contributed by atoms with Crippen LogP contribution in [0.5, 0.6) is 0 Å². The molecular formula is C13H20ClN3O3S.